The lowest BCUT2D eigenvalue weighted by atomic mass is 9.97. The summed E-state index contributed by atoms with van der Waals surface area (Å²) in [6, 6.07) is 8.07. The smallest absolute Gasteiger partial charge is 0.222 e. The van der Waals surface area contributed by atoms with Crippen LogP contribution in [0.25, 0.3) is 0 Å². The number of β-lactam (4-membered cyclic amide) rings is 1. The van der Waals surface area contributed by atoms with Gasteiger partial charge >= 0.3 is 0 Å². The van der Waals surface area contributed by atoms with Gasteiger partial charge in [0.25, 0.3) is 0 Å². The molecular formula is C12H15NO2. The highest BCUT2D eigenvalue weighted by Crippen LogP contribution is 2.26. The van der Waals surface area contributed by atoms with Crippen molar-refractivity contribution in [3.05, 3.63) is 29.8 Å². The zero-order valence-corrected chi connectivity index (χ0v) is 8.99. The number of ether oxygens (including phenoxy) is 1. The van der Waals surface area contributed by atoms with Crippen molar-refractivity contribution in [2.75, 3.05) is 0 Å². The standard InChI is InChI=1S/C12H15NO2/c1-8(2)15-10-5-3-4-9(6-10)11-7-12(14)13-11/h3-6,8,11H,7H2,1-2H3,(H,13,14). The highest BCUT2D eigenvalue weighted by atomic mass is 16.5. The molecule has 0 radical (unpaired) electrons. The fraction of sp³-hybridized carbons (Fsp3) is 0.417. The van der Waals surface area contributed by atoms with Crippen LogP contribution < -0.4 is 10.1 Å². The highest BCUT2D eigenvalue weighted by molar-refractivity contribution is 5.83. The number of benzene rings is 1. The topological polar surface area (TPSA) is 38.3 Å². The van der Waals surface area contributed by atoms with Crippen molar-refractivity contribution in [3.63, 3.8) is 0 Å². The molecule has 3 heteroatoms. The molecule has 0 aromatic heterocycles. The minimum Gasteiger partial charge on any atom is -0.491 e. The van der Waals surface area contributed by atoms with Gasteiger partial charge in [-0.2, -0.15) is 0 Å². The maximum atomic E-state index is 10.8. The van der Waals surface area contributed by atoms with Crippen LogP contribution in [0.3, 0.4) is 0 Å². The van der Waals surface area contributed by atoms with Crippen LogP contribution in [-0.2, 0) is 4.79 Å². The van der Waals surface area contributed by atoms with E-state index in [1.165, 1.54) is 0 Å². The monoisotopic (exact) mass is 205 g/mol. The Balaban J connectivity index is 2.09. The second-order valence-corrected chi connectivity index (χ2v) is 4.06. The molecule has 1 unspecified atom stereocenters. The van der Waals surface area contributed by atoms with Crippen molar-refractivity contribution in [3.8, 4) is 5.75 Å². The van der Waals surface area contributed by atoms with Gasteiger partial charge in [0.2, 0.25) is 5.91 Å². The van der Waals surface area contributed by atoms with Crippen LogP contribution in [-0.4, -0.2) is 12.0 Å². The second-order valence-electron chi connectivity index (χ2n) is 4.06. The van der Waals surface area contributed by atoms with E-state index in [0.29, 0.717) is 6.42 Å². The van der Waals surface area contributed by atoms with Gasteiger partial charge in [0.05, 0.1) is 18.6 Å². The molecule has 0 saturated carbocycles. The normalized spacial score (nSPS) is 19.7. The van der Waals surface area contributed by atoms with E-state index >= 15 is 0 Å². The number of carbonyl (C=O) groups is 1. The molecule has 1 saturated heterocycles. The van der Waals surface area contributed by atoms with E-state index in [4.69, 9.17) is 4.74 Å². The largest absolute Gasteiger partial charge is 0.491 e. The summed E-state index contributed by atoms with van der Waals surface area (Å²) in [6.45, 7) is 4.00. The summed E-state index contributed by atoms with van der Waals surface area (Å²) in [5, 5.41) is 2.85. The molecule has 1 atom stereocenters. The molecule has 1 fully saturated rings. The molecule has 1 aromatic rings. The Morgan fingerprint density at radius 3 is 2.80 bits per heavy atom. The third-order valence-electron chi connectivity index (χ3n) is 2.36. The van der Waals surface area contributed by atoms with Crippen molar-refractivity contribution in [1.82, 2.24) is 5.32 Å². The van der Waals surface area contributed by atoms with Crippen LogP contribution in [0.4, 0.5) is 0 Å². The van der Waals surface area contributed by atoms with Gasteiger partial charge in [0.15, 0.2) is 0 Å². The molecule has 0 spiro atoms. The Morgan fingerprint density at radius 1 is 1.47 bits per heavy atom. The van der Waals surface area contributed by atoms with Gasteiger partial charge in [-0.3, -0.25) is 4.79 Å². The number of nitrogens with one attached hydrogen (secondary N) is 1. The van der Waals surface area contributed by atoms with Gasteiger partial charge in [0, 0.05) is 0 Å². The van der Waals surface area contributed by atoms with Gasteiger partial charge in [-0.1, -0.05) is 12.1 Å². The number of hydrogen-bond acceptors (Lipinski definition) is 2. The summed E-state index contributed by atoms with van der Waals surface area (Å²) in [4.78, 5) is 10.8. The number of rotatable bonds is 3. The second kappa shape index (κ2) is 3.93. The summed E-state index contributed by atoms with van der Waals surface area (Å²) in [5.41, 5.74) is 1.12. The fourth-order valence-corrected chi connectivity index (χ4v) is 1.64. The van der Waals surface area contributed by atoms with Gasteiger partial charge in [-0.25, -0.2) is 0 Å². The Hall–Kier alpha value is -1.51. The zero-order valence-electron chi connectivity index (χ0n) is 8.99. The van der Waals surface area contributed by atoms with Crippen molar-refractivity contribution >= 4 is 5.91 Å². The van der Waals surface area contributed by atoms with Crippen LogP contribution in [0.2, 0.25) is 0 Å². The average molecular weight is 205 g/mol. The average Bonchev–Trinajstić information content (AvgIpc) is 2.12. The first-order valence-corrected chi connectivity index (χ1v) is 5.21. The lowest BCUT2D eigenvalue weighted by Gasteiger charge is -2.27. The molecule has 1 amide bonds. The lowest BCUT2D eigenvalue weighted by molar-refractivity contribution is -0.128. The molecule has 80 valence electrons. The molecule has 2 rings (SSSR count). The first-order chi connectivity index (χ1) is 7.15. The predicted octanol–water partition coefficient (Wildman–Crippen LogP) is 2.03. The molecule has 1 N–H and O–H groups in total. The SMILES string of the molecule is CC(C)Oc1cccc(C2CC(=O)N2)c1. The molecule has 0 aliphatic carbocycles. The molecule has 1 aliphatic rings. The van der Waals surface area contributed by atoms with Crippen LogP contribution in [0.1, 0.15) is 31.9 Å². The van der Waals surface area contributed by atoms with Crippen molar-refractivity contribution < 1.29 is 9.53 Å². The van der Waals surface area contributed by atoms with Gasteiger partial charge in [-0.05, 0) is 31.5 Å². The molecule has 1 aromatic carbocycles. The Kier molecular flexibility index (Phi) is 2.62. The predicted molar refractivity (Wildman–Crippen MR) is 57.7 cm³/mol. The van der Waals surface area contributed by atoms with E-state index in [2.05, 4.69) is 5.32 Å². The Bertz CT molecular complexity index is 366. The van der Waals surface area contributed by atoms with Gasteiger partial charge in [-0.15, -0.1) is 0 Å². The molecule has 3 nitrogen and oxygen atoms in total. The summed E-state index contributed by atoms with van der Waals surface area (Å²) in [5.74, 6) is 0.985. The van der Waals surface area contributed by atoms with E-state index in [-0.39, 0.29) is 18.1 Å². The molecule has 15 heavy (non-hydrogen) atoms. The molecule has 0 bridgehead atoms. The quantitative estimate of drug-likeness (QED) is 0.767. The summed E-state index contributed by atoms with van der Waals surface area (Å²) in [6.07, 6.45) is 0.765. The summed E-state index contributed by atoms with van der Waals surface area (Å²) in [7, 11) is 0. The number of carbonyl (C=O) groups excluding carboxylic acids is 1. The summed E-state index contributed by atoms with van der Waals surface area (Å²) < 4.78 is 5.59. The third-order valence-corrected chi connectivity index (χ3v) is 2.36. The van der Waals surface area contributed by atoms with Crippen LogP contribution in [0.5, 0.6) is 5.75 Å². The maximum Gasteiger partial charge on any atom is 0.222 e. The molecular weight excluding hydrogens is 190 g/mol. The third kappa shape index (κ3) is 2.29. The molecule has 1 heterocycles. The zero-order chi connectivity index (χ0) is 10.8. The van der Waals surface area contributed by atoms with Crippen molar-refractivity contribution in [2.24, 2.45) is 0 Å². The Morgan fingerprint density at radius 2 is 2.20 bits per heavy atom. The minimum atomic E-state index is 0.121. The Labute approximate surface area is 89.4 Å². The minimum absolute atomic E-state index is 0.121. The maximum absolute atomic E-state index is 10.8. The van der Waals surface area contributed by atoms with Gasteiger partial charge < -0.3 is 10.1 Å². The van der Waals surface area contributed by atoms with Gasteiger partial charge in [0.1, 0.15) is 5.75 Å². The van der Waals surface area contributed by atoms with E-state index < -0.39 is 0 Å². The fourth-order valence-electron chi connectivity index (χ4n) is 1.64. The number of amides is 1. The van der Waals surface area contributed by atoms with Crippen LogP contribution in [0, 0.1) is 0 Å². The van der Waals surface area contributed by atoms with E-state index in [1.54, 1.807) is 0 Å². The summed E-state index contributed by atoms with van der Waals surface area (Å²) >= 11 is 0. The van der Waals surface area contributed by atoms with E-state index in [9.17, 15) is 4.79 Å². The van der Waals surface area contributed by atoms with Crippen LogP contribution in [0.15, 0.2) is 24.3 Å². The van der Waals surface area contributed by atoms with Crippen molar-refractivity contribution in [1.29, 1.82) is 0 Å². The molecule has 1 aliphatic heterocycles. The van der Waals surface area contributed by atoms with Crippen LogP contribution >= 0.6 is 0 Å². The first-order valence-electron chi connectivity index (χ1n) is 5.21. The lowest BCUT2D eigenvalue weighted by Crippen LogP contribution is -2.41. The first kappa shape index (κ1) is 10.0. The highest BCUT2D eigenvalue weighted by Gasteiger charge is 2.26. The van der Waals surface area contributed by atoms with E-state index in [0.717, 1.165) is 11.3 Å². The number of hydrogen-bond donors (Lipinski definition) is 1. The van der Waals surface area contributed by atoms with Crippen molar-refractivity contribution in [2.45, 2.75) is 32.4 Å². The van der Waals surface area contributed by atoms with E-state index in [1.807, 2.05) is 38.1 Å².